The monoisotopic (exact) mass is 261 g/mol. The number of nitro benzene ring substituents is 1. The van der Waals surface area contributed by atoms with Crippen LogP contribution in [-0.4, -0.2) is 29.1 Å². The van der Waals surface area contributed by atoms with Crippen molar-refractivity contribution in [2.24, 2.45) is 0 Å². The van der Waals surface area contributed by atoms with Gasteiger partial charge in [0, 0.05) is 18.3 Å². The summed E-state index contributed by atoms with van der Waals surface area (Å²) in [5.41, 5.74) is -0.0601. The quantitative estimate of drug-likeness (QED) is 0.472. The summed E-state index contributed by atoms with van der Waals surface area (Å²) < 4.78 is 0. The Kier molecular flexibility index (Phi) is 4.60. The first-order chi connectivity index (χ1) is 8.99. The third-order valence-electron chi connectivity index (χ3n) is 2.34. The van der Waals surface area contributed by atoms with E-state index in [0.29, 0.717) is 5.69 Å². The van der Waals surface area contributed by atoms with Gasteiger partial charge in [-0.05, 0) is 12.1 Å². The van der Waals surface area contributed by atoms with Crippen molar-refractivity contribution in [2.45, 2.75) is 0 Å². The molecule has 19 heavy (non-hydrogen) atoms. The molecule has 7 heteroatoms. The predicted molar refractivity (Wildman–Crippen MR) is 67.9 cm³/mol. The molecule has 0 aliphatic rings. The van der Waals surface area contributed by atoms with Gasteiger partial charge in [-0.15, -0.1) is 6.58 Å². The summed E-state index contributed by atoms with van der Waals surface area (Å²) in [7, 11) is 0. The molecule has 0 saturated heterocycles. The van der Waals surface area contributed by atoms with Crippen LogP contribution in [0.3, 0.4) is 0 Å². The maximum absolute atomic E-state index is 10.8. The van der Waals surface area contributed by atoms with E-state index in [0.717, 1.165) is 0 Å². The Balaban J connectivity index is 3.21. The number of rotatable bonds is 6. The average molecular weight is 261 g/mol. The fourth-order valence-electron chi connectivity index (χ4n) is 1.54. The minimum absolute atomic E-state index is 0.0670. The highest BCUT2D eigenvalue weighted by atomic mass is 16.6. The Bertz CT molecular complexity index is 563. The average Bonchev–Trinajstić information content (AvgIpc) is 2.37. The molecule has 0 aliphatic heterocycles. The first kappa shape index (κ1) is 14.2. The molecule has 98 valence electrons. The standard InChI is InChI=1S/C12H11N3O4/c1-2-5-14(8-12(16)17)10-4-3-9(7-13)11(6-10)15(18)19/h2-4,6H,1,5,8H2,(H,16,17). The number of carbonyl (C=O) groups is 1. The molecule has 1 aromatic rings. The largest absolute Gasteiger partial charge is 0.480 e. The molecule has 0 unspecified atom stereocenters. The molecule has 0 saturated carbocycles. The molecule has 0 heterocycles. The number of aliphatic carboxylic acids is 1. The van der Waals surface area contributed by atoms with Gasteiger partial charge in [0.2, 0.25) is 0 Å². The fraction of sp³-hybridized carbons (Fsp3) is 0.167. The van der Waals surface area contributed by atoms with E-state index in [1.165, 1.54) is 29.2 Å². The zero-order chi connectivity index (χ0) is 14.4. The highest BCUT2D eigenvalue weighted by Gasteiger charge is 2.17. The Morgan fingerprint density at radius 2 is 2.32 bits per heavy atom. The number of hydrogen-bond acceptors (Lipinski definition) is 5. The van der Waals surface area contributed by atoms with Gasteiger partial charge in [0.1, 0.15) is 18.2 Å². The molecule has 0 radical (unpaired) electrons. The summed E-state index contributed by atoms with van der Waals surface area (Å²) in [5.74, 6) is -1.06. The Labute approximate surface area is 109 Å². The molecule has 0 atom stereocenters. The maximum atomic E-state index is 10.8. The van der Waals surface area contributed by atoms with Crippen molar-refractivity contribution in [2.75, 3.05) is 18.0 Å². The van der Waals surface area contributed by atoms with Crippen LogP contribution in [0.4, 0.5) is 11.4 Å². The number of nitro groups is 1. The minimum atomic E-state index is -1.06. The highest BCUT2D eigenvalue weighted by molar-refractivity contribution is 5.74. The van der Waals surface area contributed by atoms with E-state index < -0.39 is 10.9 Å². The summed E-state index contributed by atoms with van der Waals surface area (Å²) in [4.78, 5) is 22.3. The van der Waals surface area contributed by atoms with Gasteiger partial charge in [0.15, 0.2) is 0 Å². The number of benzene rings is 1. The predicted octanol–water partition coefficient (Wildman–Crippen LogP) is 1.54. The van der Waals surface area contributed by atoms with Gasteiger partial charge >= 0.3 is 5.97 Å². The first-order valence-corrected chi connectivity index (χ1v) is 5.25. The van der Waals surface area contributed by atoms with Gasteiger partial charge in [0.05, 0.1) is 4.92 Å². The zero-order valence-corrected chi connectivity index (χ0v) is 9.94. The highest BCUT2D eigenvalue weighted by Crippen LogP contribution is 2.25. The smallest absolute Gasteiger partial charge is 0.323 e. The van der Waals surface area contributed by atoms with Crippen LogP contribution in [-0.2, 0) is 4.79 Å². The van der Waals surface area contributed by atoms with Crippen LogP contribution >= 0.6 is 0 Å². The third kappa shape index (κ3) is 3.54. The lowest BCUT2D eigenvalue weighted by Gasteiger charge is -2.20. The second kappa shape index (κ2) is 6.16. The van der Waals surface area contributed by atoms with Crippen LogP contribution in [0, 0.1) is 21.4 Å². The van der Waals surface area contributed by atoms with Crippen molar-refractivity contribution < 1.29 is 14.8 Å². The van der Waals surface area contributed by atoms with Crippen LogP contribution in [0.1, 0.15) is 5.56 Å². The molecule has 0 amide bonds. The molecule has 0 bridgehead atoms. The number of carboxylic acid groups (broad SMARTS) is 1. The fourth-order valence-corrected chi connectivity index (χ4v) is 1.54. The van der Waals surface area contributed by atoms with E-state index in [4.69, 9.17) is 10.4 Å². The Morgan fingerprint density at radius 3 is 2.79 bits per heavy atom. The second-order valence-electron chi connectivity index (χ2n) is 3.63. The maximum Gasteiger partial charge on any atom is 0.323 e. The van der Waals surface area contributed by atoms with Gasteiger partial charge in [-0.25, -0.2) is 0 Å². The SMILES string of the molecule is C=CCN(CC(=O)O)c1ccc(C#N)c([N+](=O)[O-])c1. The molecule has 1 N–H and O–H groups in total. The van der Waals surface area contributed by atoms with Crippen LogP contribution in [0.15, 0.2) is 30.9 Å². The van der Waals surface area contributed by atoms with Crippen molar-refractivity contribution >= 4 is 17.3 Å². The Hall–Kier alpha value is -2.88. The summed E-state index contributed by atoms with van der Waals surface area (Å²) in [6.07, 6.45) is 1.49. The topological polar surface area (TPSA) is 107 Å². The number of carboxylic acids is 1. The number of nitrogens with zero attached hydrogens (tertiary/aromatic N) is 3. The van der Waals surface area contributed by atoms with E-state index >= 15 is 0 Å². The van der Waals surface area contributed by atoms with Gasteiger partial charge in [-0.3, -0.25) is 14.9 Å². The third-order valence-corrected chi connectivity index (χ3v) is 2.34. The first-order valence-electron chi connectivity index (χ1n) is 5.25. The molecular weight excluding hydrogens is 250 g/mol. The van der Waals surface area contributed by atoms with Crippen molar-refractivity contribution in [3.05, 3.63) is 46.5 Å². The molecule has 7 nitrogen and oxygen atoms in total. The van der Waals surface area contributed by atoms with Gasteiger partial charge in [-0.1, -0.05) is 6.08 Å². The molecule has 1 rings (SSSR count). The molecule has 0 aliphatic carbocycles. The van der Waals surface area contributed by atoms with E-state index in [-0.39, 0.29) is 24.3 Å². The molecule has 1 aromatic carbocycles. The summed E-state index contributed by atoms with van der Waals surface area (Å²) in [5, 5.41) is 28.4. The number of anilines is 1. The lowest BCUT2D eigenvalue weighted by Crippen LogP contribution is -2.29. The molecular formula is C12H11N3O4. The summed E-state index contributed by atoms with van der Waals surface area (Å²) >= 11 is 0. The lowest BCUT2D eigenvalue weighted by molar-refractivity contribution is -0.385. The second-order valence-corrected chi connectivity index (χ2v) is 3.63. The van der Waals surface area contributed by atoms with Crippen LogP contribution in [0.25, 0.3) is 0 Å². The number of nitriles is 1. The van der Waals surface area contributed by atoms with Gasteiger partial charge in [-0.2, -0.15) is 5.26 Å². The minimum Gasteiger partial charge on any atom is -0.480 e. The Morgan fingerprint density at radius 1 is 1.63 bits per heavy atom. The molecule has 0 aromatic heterocycles. The summed E-state index contributed by atoms with van der Waals surface area (Å²) in [6, 6.07) is 5.67. The van der Waals surface area contributed by atoms with Crippen molar-refractivity contribution in [3.63, 3.8) is 0 Å². The van der Waals surface area contributed by atoms with Crippen LogP contribution in [0.5, 0.6) is 0 Å². The van der Waals surface area contributed by atoms with Gasteiger partial charge < -0.3 is 10.0 Å². The van der Waals surface area contributed by atoms with E-state index in [1.54, 1.807) is 6.07 Å². The molecule has 0 fully saturated rings. The van der Waals surface area contributed by atoms with Crippen LogP contribution < -0.4 is 4.90 Å². The lowest BCUT2D eigenvalue weighted by atomic mass is 10.1. The van der Waals surface area contributed by atoms with E-state index in [1.807, 2.05) is 0 Å². The van der Waals surface area contributed by atoms with Crippen molar-refractivity contribution in [1.82, 2.24) is 0 Å². The van der Waals surface area contributed by atoms with E-state index in [2.05, 4.69) is 6.58 Å². The normalized spacial score (nSPS) is 9.42. The van der Waals surface area contributed by atoms with Crippen LogP contribution in [0.2, 0.25) is 0 Å². The summed E-state index contributed by atoms with van der Waals surface area (Å²) in [6.45, 7) is 3.42. The van der Waals surface area contributed by atoms with E-state index in [9.17, 15) is 14.9 Å². The number of hydrogen-bond donors (Lipinski definition) is 1. The van der Waals surface area contributed by atoms with Gasteiger partial charge in [0.25, 0.3) is 5.69 Å². The zero-order valence-electron chi connectivity index (χ0n) is 9.94. The van der Waals surface area contributed by atoms with Crippen molar-refractivity contribution in [3.8, 4) is 6.07 Å². The van der Waals surface area contributed by atoms with Crippen molar-refractivity contribution in [1.29, 1.82) is 5.26 Å². The molecule has 0 spiro atoms.